The number of halogens is 1. The number of benzene rings is 2. The van der Waals surface area contributed by atoms with Gasteiger partial charge in [0.1, 0.15) is 5.75 Å². The van der Waals surface area contributed by atoms with Gasteiger partial charge in [-0.25, -0.2) is 0 Å². The highest BCUT2D eigenvalue weighted by molar-refractivity contribution is 6.32. The molecule has 34 heavy (non-hydrogen) atoms. The van der Waals surface area contributed by atoms with Crippen LogP contribution in [0.4, 0.5) is 0 Å². The van der Waals surface area contributed by atoms with Crippen LogP contribution >= 0.6 is 11.6 Å². The highest BCUT2D eigenvalue weighted by Crippen LogP contribution is 2.38. The minimum atomic E-state index is -0.00987. The number of carbonyl (C=O) groups is 1. The molecule has 2 aliphatic rings. The van der Waals surface area contributed by atoms with E-state index in [0.29, 0.717) is 48.7 Å². The predicted octanol–water partition coefficient (Wildman–Crippen LogP) is 5.02. The number of hydrogen-bond donors (Lipinski definition) is 0. The topological polar surface area (TPSA) is 51.2 Å². The van der Waals surface area contributed by atoms with Crippen LogP contribution in [0.2, 0.25) is 5.02 Å². The van der Waals surface area contributed by atoms with Crippen molar-refractivity contribution in [2.75, 3.05) is 40.0 Å². The fourth-order valence-corrected chi connectivity index (χ4v) is 5.07. The molecule has 0 spiro atoms. The van der Waals surface area contributed by atoms with E-state index in [4.69, 9.17) is 25.8 Å². The Hall–Kier alpha value is -2.44. The van der Waals surface area contributed by atoms with E-state index in [9.17, 15) is 4.79 Å². The summed E-state index contributed by atoms with van der Waals surface area (Å²) in [7, 11) is 1.70. The molecular weight excluding hydrogens is 452 g/mol. The molecule has 0 bridgehead atoms. The molecule has 7 heteroatoms. The van der Waals surface area contributed by atoms with Crippen LogP contribution in [0.5, 0.6) is 17.2 Å². The number of likely N-dealkylation sites (tertiary alicyclic amines) is 1. The van der Waals surface area contributed by atoms with E-state index >= 15 is 0 Å². The van der Waals surface area contributed by atoms with Gasteiger partial charge in [-0.05, 0) is 42.6 Å². The van der Waals surface area contributed by atoms with Crippen LogP contribution in [0.1, 0.15) is 37.8 Å². The van der Waals surface area contributed by atoms with Gasteiger partial charge in [0.2, 0.25) is 5.91 Å². The van der Waals surface area contributed by atoms with Gasteiger partial charge >= 0.3 is 0 Å². The average molecular weight is 487 g/mol. The van der Waals surface area contributed by atoms with Gasteiger partial charge in [-0.3, -0.25) is 9.69 Å². The summed E-state index contributed by atoms with van der Waals surface area (Å²) in [5, 5.41) is 0.537. The van der Waals surface area contributed by atoms with E-state index in [1.807, 2.05) is 35.2 Å². The van der Waals surface area contributed by atoms with Crippen molar-refractivity contribution in [3.05, 3.63) is 52.5 Å². The number of ether oxygens (including phenoxy) is 3. The number of carbonyl (C=O) groups excluding carboxylic acids is 1. The van der Waals surface area contributed by atoms with Crippen molar-refractivity contribution in [2.24, 2.45) is 11.8 Å². The van der Waals surface area contributed by atoms with E-state index in [1.54, 1.807) is 7.11 Å². The molecule has 1 atom stereocenters. The fourth-order valence-electron chi connectivity index (χ4n) is 4.78. The van der Waals surface area contributed by atoms with Gasteiger partial charge in [0.25, 0.3) is 0 Å². The number of nitrogens with zero attached hydrogens (tertiary/aromatic N) is 2. The summed E-state index contributed by atoms with van der Waals surface area (Å²) in [5.74, 6) is 2.73. The van der Waals surface area contributed by atoms with Crippen LogP contribution in [-0.4, -0.2) is 55.7 Å². The molecule has 2 heterocycles. The monoisotopic (exact) mass is 486 g/mol. The molecule has 2 aromatic carbocycles. The van der Waals surface area contributed by atoms with Gasteiger partial charge in [0, 0.05) is 38.2 Å². The lowest BCUT2D eigenvalue weighted by Crippen LogP contribution is -2.39. The SMILES string of the molecule is COc1ccccc1CN1CC[C@@H](C(=O)N(Cc2cc(Cl)c3c(c2)OCCCO3)CC(C)C)C1. The largest absolute Gasteiger partial charge is 0.496 e. The van der Waals surface area contributed by atoms with Gasteiger partial charge in [-0.15, -0.1) is 0 Å². The first-order valence-corrected chi connectivity index (χ1v) is 12.5. The van der Waals surface area contributed by atoms with Crippen LogP contribution < -0.4 is 14.2 Å². The zero-order valence-corrected chi connectivity index (χ0v) is 21.1. The van der Waals surface area contributed by atoms with Crippen LogP contribution in [-0.2, 0) is 17.9 Å². The Labute approximate surface area is 207 Å². The van der Waals surface area contributed by atoms with Gasteiger partial charge in [-0.2, -0.15) is 0 Å². The van der Waals surface area contributed by atoms with Gasteiger partial charge in [0.05, 0.1) is 31.3 Å². The molecule has 2 aliphatic heterocycles. The standard InChI is InChI=1S/C27H35ClN2O4/c1-19(2)15-30(16-20-13-23(28)26-25(14-20)33-11-6-12-34-26)27(31)22-9-10-29(18-22)17-21-7-4-5-8-24(21)32-3/h4-5,7-8,13-14,19,22H,6,9-12,15-18H2,1-3H3/t22-/m1/s1. The third-order valence-corrected chi connectivity index (χ3v) is 6.62. The highest BCUT2D eigenvalue weighted by Gasteiger charge is 2.32. The third-order valence-electron chi connectivity index (χ3n) is 6.34. The summed E-state index contributed by atoms with van der Waals surface area (Å²) < 4.78 is 17.1. The molecule has 1 saturated heterocycles. The summed E-state index contributed by atoms with van der Waals surface area (Å²) in [4.78, 5) is 18.0. The second kappa shape index (κ2) is 11.3. The fraction of sp³-hybridized carbons (Fsp3) is 0.519. The minimum absolute atomic E-state index is 0.00987. The molecule has 0 aromatic heterocycles. The Bertz CT molecular complexity index is 997. The first-order chi connectivity index (χ1) is 16.4. The van der Waals surface area contributed by atoms with Gasteiger partial charge in [0.15, 0.2) is 11.5 Å². The number of amides is 1. The number of methoxy groups -OCH3 is 1. The quantitative estimate of drug-likeness (QED) is 0.524. The van der Waals surface area contributed by atoms with E-state index in [1.165, 1.54) is 0 Å². The normalized spacial score (nSPS) is 18.1. The number of hydrogen-bond acceptors (Lipinski definition) is 5. The Balaban J connectivity index is 1.45. The van der Waals surface area contributed by atoms with Crippen molar-refractivity contribution in [1.82, 2.24) is 9.80 Å². The number of para-hydroxylation sites is 1. The molecule has 1 amide bonds. The lowest BCUT2D eigenvalue weighted by atomic mass is 10.0. The van der Waals surface area contributed by atoms with Crippen molar-refractivity contribution in [3.8, 4) is 17.2 Å². The van der Waals surface area contributed by atoms with Crippen LogP contribution in [0.3, 0.4) is 0 Å². The summed E-state index contributed by atoms with van der Waals surface area (Å²) in [6.07, 6.45) is 1.69. The lowest BCUT2D eigenvalue weighted by Gasteiger charge is -2.28. The lowest BCUT2D eigenvalue weighted by molar-refractivity contribution is -0.136. The van der Waals surface area contributed by atoms with Crippen molar-refractivity contribution >= 4 is 17.5 Å². The predicted molar refractivity (Wildman–Crippen MR) is 134 cm³/mol. The zero-order chi connectivity index (χ0) is 24.1. The molecule has 0 unspecified atom stereocenters. The molecular formula is C27H35ClN2O4. The van der Waals surface area contributed by atoms with Gasteiger partial charge in [-0.1, -0.05) is 43.6 Å². The molecule has 0 aliphatic carbocycles. The molecule has 0 saturated carbocycles. The molecule has 0 radical (unpaired) electrons. The van der Waals surface area contributed by atoms with Crippen LogP contribution in [0.25, 0.3) is 0 Å². The van der Waals surface area contributed by atoms with E-state index in [2.05, 4.69) is 24.8 Å². The Morgan fingerprint density at radius 2 is 2.03 bits per heavy atom. The van der Waals surface area contributed by atoms with E-state index in [-0.39, 0.29) is 11.8 Å². The Kier molecular flexibility index (Phi) is 8.22. The zero-order valence-electron chi connectivity index (χ0n) is 20.4. The van der Waals surface area contributed by atoms with E-state index < -0.39 is 0 Å². The molecule has 2 aromatic rings. The Morgan fingerprint density at radius 3 is 2.82 bits per heavy atom. The summed E-state index contributed by atoms with van der Waals surface area (Å²) in [6.45, 7) is 9.14. The summed E-state index contributed by atoms with van der Waals surface area (Å²) in [6, 6.07) is 12.0. The van der Waals surface area contributed by atoms with Crippen molar-refractivity contribution in [3.63, 3.8) is 0 Å². The first-order valence-electron chi connectivity index (χ1n) is 12.2. The second-order valence-electron chi connectivity index (χ2n) is 9.60. The second-order valence-corrected chi connectivity index (χ2v) is 10.0. The molecule has 6 nitrogen and oxygen atoms in total. The number of fused-ring (bicyclic) bond motifs is 1. The van der Waals surface area contributed by atoms with Gasteiger partial charge < -0.3 is 19.1 Å². The summed E-state index contributed by atoms with van der Waals surface area (Å²) >= 11 is 6.51. The maximum Gasteiger partial charge on any atom is 0.227 e. The summed E-state index contributed by atoms with van der Waals surface area (Å²) in [5.41, 5.74) is 2.12. The molecule has 1 fully saturated rings. The third kappa shape index (κ3) is 5.97. The molecule has 0 N–H and O–H groups in total. The van der Waals surface area contributed by atoms with Crippen LogP contribution in [0.15, 0.2) is 36.4 Å². The molecule has 184 valence electrons. The minimum Gasteiger partial charge on any atom is -0.496 e. The average Bonchev–Trinajstić information content (AvgIpc) is 3.14. The maximum atomic E-state index is 13.6. The smallest absolute Gasteiger partial charge is 0.227 e. The van der Waals surface area contributed by atoms with Crippen molar-refractivity contribution < 1.29 is 19.0 Å². The number of rotatable bonds is 8. The van der Waals surface area contributed by atoms with E-state index in [0.717, 1.165) is 49.4 Å². The molecule has 4 rings (SSSR count). The first kappa shape index (κ1) is 24.7. The van der Waals surface area contributed by atoms with Crippen LogP contribution in [0, 0.1) is 11.8 Å². The van der Waals surface area contributed by atoms with Crippen molar-refractivity contribution in [2.45, 2.75) is 39.8 Å². The Morgan fingerprint density at radius 1 is 1.24 bits per heavy atom. The van der Waals surface area contributed by atoms with Crippen molar-refractivity contribution in [1.29, 1.82) is 0 Å². The highest BCUT2D eigenvalue weighted by atomic mass is 35.5. The maximum absolute atomic E-state index is 13.6.